The summed E-state index contributed by atoms with van der Waals surface area (Å²) in [6.45, 7) is 0. The van der Waals surface area contributed by atoms with Gasteiger partial charge in [-0.15, -0.1) is 0 Å². The minimum Gasteiger partial charge on any atom is -0.477 e. The van der Waals surface area contributed by atoms with Crippen LogP contribution in [-0.4, -0.2) is 21.8 Å². The maximum absolute atomic E-state index is 12.0. The minimum absolute atomic E-state index is 0.0431. The lowest BCUT2D eigenvalue weighted by atomic mass is 10.1. The first-order valence-corrected chi connectivity index (χ1v) is 5.66. The fourth-order valence-corrected chi connectivity index (χ4v) is 1.75. The van der Waals surface area contributed by atoms with Crippen molar-refractivity contribution in [2.45, 2.75) is 0 Å². The van der Waals surface area contributed by atoms with E-state index in [4.69, 9.17) is 28.3 Å². The number of H-pyrrole nitrogens is 1. The summed E-state index contributed by atoms with van der Waals surface area (Å²) in [5.41, 5.74) is 0.560. The molecule has 0 aliphatic heterocycles. The van der Waals surface area contributed by atoms with Gasteiger partial charge in [0.1, 0.15) is 5.69 Å². The number of ketones is 1. The van der Waals surface area contributed by atoms with E-state index in [9.17, 15) is 9.59 Å². The quantitative estimate of drug-likeness (QED) is 0.850. The van der Waals surface area contributed by atoms with Gasteiger partial charge in [-0.3, -0.25) is 4.79 Å². The first kappa shape index (κ1) is 12.7. The molecule has 1 heterocycles. The molecule has 0 aliphatic carbocycles. The van der Waals surface area contributed by atoms with Crippen molar-refractivity contribution in [3.8, 4) is 0 Å². The molecule has 0 spiro atoms. The summed E-state index contributed by atoms with van der Waals surface area (Å²) in [4.78, 5) is 25.2. The average Bonchev–Trinajstić information content (AvgIpc) is 2.81. The summed E-state index contributed by atoms with van der Waals surface area (Å²) in [6.07, 6.45) is 1.34. The second-order valence-corrected chi connectivity index (χ2v) is 4.38. The van der Waals surface area contributed by atoms with E-state index >= 15 is 0 Å². The highest BCUT2D eigenvalue weighted by molar-refractivity contribution is 6.42. The number of nitrogens with one attached hydrogen (secondary N) is 1. The summed E-state index contributed by atoms with van der Waals surface area (Å²) in [6, 6.07) is 5.76. The van der Waals surface area contributed by atoms with Crippen LogP contribution >= 0.6 is 23.2 Å². The summed E-state index contributed by atoms with van der Waals surface area (Å²) in [5.74, 6) is -1.44. The van der Waals surface area contributed by atoms with E-state index < -0.39 is 5.97 Å². The van der Waals surface area contributed by atoms with Crippen LogP contribution in [0, 0.1) is 0 Å². The van der Waals surface area contributed by atoms with Crippen LogP contribution in [0.15, 0.2) is 30.5 Å². The maximum Gasteiger partial charge on any atom is 0.352 e. The number of carboxylic acid groups (broad SMARTS) is 1. The van der Waals surface area contributed by atoms with Crippen molar-refractivity contribution < 1.29 is 14.7 Å². The third-order valence-electron chi connectivity index (χ3n) is 2.36. The number of aromatic nitrogens is 1. The van der Waals surface area contributed by atoms with Gasteiger partial charge in [-0.05, 0) is 24.3 Å². The number of aromatic carboxylic acids is 1. The number of carboxylic acids is 1. The van der Waals surface area contributed by atoms with E-state index in [1.807, 2.05) is 0 Å². The molecule has 2 N–H and O–H groups in total. The van der Waals surface area contributed by atoms with Crippen molar-refractivity contribution in [2.75, 3.05) is 0 Å². The zero-order valence-corrected chi connectivity index (χ0v) is 10.4. The highest BCUT2D eigenvalue weighted by atomic mass is 35.5. The molecule has 0 saturated carbocycles. The van der Waals surface area contributed by atoms with Crippen LogP contribution in [0.1, 0.15) is 26.4 Å². The zero-order chi connectivity index (χ0) is 13.3. The summed E-state index contributed by atoms with van der Waals surface area (Å²) < 4.78 is 0. The molecule has 0 unspecified atom stereocenters. The van der Waals surface area contributed by atoms with Crippen molar-refractivity contribution >= 4 is 35.0 Å². The second-order valence-electron chi connectivity index (χ2n) is 3.57. The number of aromatic amines is 1. The van der Waals surface area contributed by atoms with Crippen LogP contribution in [-0.2, 0) is 0 Å². The van der Waals surface area contributed by atoms with E-state index in [1.54, 1.807) is 0 Å². The fourth-order valence-electron chi connectivity index (χ4n) is 1.45. The van der Waals surface area contributed by atoms with Crippen LogP contribution in [0.25, 0.3) is 0 Å². The fraction of sp³-hybridized carbons (Fsp3) is 0. The smallest absolute Gasteiger partial charge is 0.352 e. The predicted octanol–water partition coefficient (Wildman–Crippen LogP) is 3.25. The lowest BCUT2D eigenvalue weighted by molar-refractivity contribution is 0.0691. The Morgan fingerprint density at radius 1 is 1.06 bits per heavy atom. The van der Waals surface area contributed by atoms with Gasteiger partial charge in [0.25, 0.3) is 0 Å². The molecule has 0 bridgehead atoms. The Labute approximate surface area is 112 Å². The van der Waals surface area contributed by atoms with E-state index in [-0.39, 0.29) is 22.1 Å². The van der Waals surface area contributed by atoms with Crippen LogP contribution in [0.4, 0.5) is 0 Å². The monoisotopic (exact) mass is 283 g/mol. The molecular weight excluding hydrogens is 277 g/mol. The number of carbonyl (C=O) groups excluding carboxylic acids is 1. The number of hydrogen-bond acceptors (Lipinski definition) is 2. The predicted molar refractivity (Wildman–Crippen MR) is 67.6 cm³/mol. The SMILES string of the molecule is O=C(c1c[nH]c(C(=O)O)c1)c1ccc(Cl)c(Cl)c1. The Morgan fingerprint density at radius 3 is 2.33 bits per heavy atom. The van der Waals surface area contributed by atoms with Gasteiger partial charge >= 0.3 is 5.97 Å². The number of carbonyl (C=O) groups is 2. The van der Waals surface area contributed by atoms with E-state index in [0.717, 1.165) is 0 Å². The molecule has 6 heteroatoms. The molecule has 18 heavy (non-hydrogen) atoms. The molecule has 0 aliphatic rings. The van der Waals surface area contributed by atoms with Crippen LogP contribution in [0.5, 0.6) is 0 Å². The summed E-state index contributed by atoms with van der Waals surface area (Å²) >= 11 is 11.6. The average molecular weight is 284 g/mol. The van der Waals surface area contributed by atoms with Crippen LogP contribution in [0.3, 0.4) is 0 Å². The first-order chi connectivity index (χ1) is 8.49. The maximum atomic E-state index is 12.0. The van der Waals surface area contributed by atoms with Crippen molar-refractivity contribution in [3.63, 3.8) is 0 Å². The standard InChI is InChI=1S/C12H7Cl2NO3/c13-8-2-1-6(3-9(8)14)11(16)7-4-10(12(17)18)15-5-7/h1-5,15H,(H,17,18). The molecule has 0 amide bonds. The van der Waals surface area contributed by atoms with Gasteiger partial charge in [-0.2, -0.15) is 0 Å². The third kappa shape index (κ3) is 2.39. The largest absolute Gasteiger partial charge is 0.477 e. The molecule has 4 nitrogen and oxygen atoms in total. The number of benzene rings is 1. The van der Waals surface area contributed by atoms with Gasteiger partial charge in [0.05, 0.1) is 10.0 Å². The topological polar surface area (TPSA) is 70.2 Å². The molecular formula is C12H7Cl2NO3. The van der Waals surface area contributed by atoms with Gasteiger partial charge in [-0.1, -0.05) is 23.2 Å². The normalized spacial score (nSPS) is 10.3. The number of halogens is 2. The zero-order valence-electron chi connectivity index (χ0n) is 8.91. The van der Waals surface area contributed by atoms with Crippen molar-refractivity contribution in [1.29, 1.82) is 0 Å². The van der Waals surface area contributed by atoms with Gasteiger partial charge in [0, 0.05) is 17.3 Å². The molecule has 0 radical (unpaired) electrons. The van der Waals surface area contributed by atoms with Gasteiger partial charge in [0.2, 0.25) is 0 Å². The molecule has 1 aromatic carbocycles. The lowest BCUT2D eigenvalue weighted by Crippen LogP contribution is -2.00. The first-order valence-electron chi connectivity index (χ1n) is 4.90. The molecule has 2 aromatic rings. The lowest BCUT2D eigenvalue weighted by Gasteiger charge is -2.00. The van der Waals surface area contributed by atoms with Gasteiger partial charge in [-0.25, -0.2) is 4.79 Å². The molecule has 92 valence electrons. The van der Waals surface area contributed by atoms with Crippen LogP contribution < -0.4 is 0 Å². The highest BCUT2D eigenvalue weighted by Gasteiger charge is 2.14. The second kappa shape index (κ2) is 4.84. The van der Waals surface area contributed by atoms with Crippen molar-refractivity contribution in [2.24, 2.45) is 0 Å². The number of hydrogen-bond donors (Lipinski definition) is 2. The van der Waals surface area contributed by atoms with E-state index in [1.165, 1.54) is 30.5 Å². The Balaban J connectivity index is 2.35. The minimum atomic E-state index is -1.12. The molecule has 1 aromatic heterocycles. The Hall–Kier alpha value is -1.78. The molecule has 0 fully saturated rings. The van der Waals surface area contributed by atoms with Crippen molar-refractivity contribution in [1.82, 2.24) is 4.98 Å². The Bertz CT molecular complexity index is 634. The molecule has 2 rings (SSSR count). The van der Waals surface area contributed by atoms with Crippen molar-refractivity contribution in [3.05, 3.63) is 57.3 Å². The highest BCUT2D eigenvalue weighted by Crippen LogP contribution is 2.24. The van der Waals surface area contributed by atoms with Crippen LogP contribution in [0.2, 0.25) is 10.0 Å². The Morgan fingerprint density at radius 2 is 1.78 bits per heavy atom. The Kier molecular flexibility index (Phi) is 3.41. The van der Waals surface area contributed by atoms with E-state index in [0.29, 0.717) is 10.6 Å². The molecule has 0 atom stereocenters. The van der Waals surface area contributed by atoms with Gasteiger partial charge < -0.3 is 10.1 Å². The van der Waals surface area contributed by atoms with E-state index in [2.05, 4.69) is 4.98 Å². The summed E-state index contributed by atoms with van der Waals surface area (Å²) in [5, 5.41) is 9.38. The number of rotatable bonds is 3. The summed E-state index contributed by atoms with van der Waals surface area (Å²) in [7, 11) is 0. The molecule has 0 saturated heterocycles. The van der Waals surface area contributed by atoms with Gasteiger partial charge in [0.15, 0.2) is 5.78 Å². The third-order valence-corrected chi connectivity index (χ3v) is 3.10.